The van der Waals surface area contributed by atoms with Gasteiger partial charge in [0.25, 0.3) is 5.91 Å². The number of carbonyl (C=O) groups excluding carboxylic acids is 1. The predicted molar refractivity (Wildman–Crippen MR) is 136 cm³/mol. The average molecular weight is 509 g/mol. The molecule has 37 heavy (non-hydrogen) atoms. The Kier molecular flexibility index (Phi) is 7.09. The third-order valence-electron chi connectivity index (χ3n) is 6.49. The topological polar surface area (TPSA) is 82.2 Å². The van der Waals surface area contributed by atoms with Crippen molar-refractivity contribution in [2.75, 3.05) is 30.4 Å². The van der Waals surface area contributed by atoms with Crippen molar-refractivity contribution in [1.29, 1.82) is 0 Å². The smallest absolute Gasteiger partial charge is 0.373 e. The first-order valence-corrected chi connectivity index (χ1v) is 12.2. The number of alkyl halides is 3. The van der Waals surface area contributed by atoms with Crippen LogP contribution in [-0.4, -0.2) is 40.5 Å². The van der Waals surface area contributed by atoms with E-state index < -0.39 is 17.6 Å². The van der Waals surface area contributed by atoms with Crippen molar-refractivity contribution in [3.63, 3.8) is 0 Å². The Bertz CT molecular complexity index is 1320. The zero-order valence-corrected chi connectivity index (χ0v) is 20.1. The van der Waals surface area contributed by atoms with E-state index in [1.807, 2.05) is 24.4 Å². The fourth-order valence-electron chi connectivity index (χ4n) is 4.63. The number of aromatic nitrogens is 2. The Morgan fingerprint density at radius 3 is 2.68 bits per heavy atom. The Balaban J connectivity index is 1.41. The van der Waals surface area contributed by atoms with Crippen molar-refractivity contribution in [3.8, 4) is 11.1 Å². The summed E-state index contributed by atoms with van der Waals surface area (Å²) >= 11 is 0. The lowest BCUT2D eigenvalue weighted by Gasteiger charge is -2.26. The van der Waals surface area contributed by atoms with Crippen LogP contribution in [-0.2, 0) is 17.5 Å². The summed E-state index contributed by atoms with van der Waals surface area (Å²) in [5.41, 5.74) is 3.67. The van der Waals surface area contributed by atoms with Gasteiger partial charge in [0.15, 0.2) is 0 Å². The van der Waals surface area contributed by atoms with E-state index in [1.54, 1.807) is 12.4 Å². The molecule has 2 aliphatic heterocycles. The number of hydrogen-bond acceptors (Lipinski definition) is 6. The fraction of sp³-hybridized carbons (Fsp3) is 0.296. The molecule has 3 N–H and O–H groups in total. The quantitative estimate of drug-likeness (QED) is 0.445. The molecule has 192 valence electrons. The molecule has 0 spiro atoms. The number of anilines is 2. The molecule has 0 aliphatic carbocycles. The van der Waals surface area contributed by atoms with Gasteiger partial charge in [0.05, 0.1) is 17.8 Å². The lowest BCUT2D eigenvalue weighted by molar-refractivity contribution is -0.137. The average Bonchev–Trinajstić information content (AvgIpc) is 3.11. The van der Waals surface area contributed by atoms with Crippen molar-refractivity contribution in [2.45, 2.75) is 32.0 Å². The molecule has 1 saturated heterocycles. The summed E-state index contributed by atoms with van der Waals surface area (Å²) in [6.45, 7) is 3.41. The van der Waals surface area contributed by atoms with Gasteiger partial charge in [-0.05, 0) is 67.4 Å². The van der Waals surface area contributed by atoms with E-state index in [4.69, 9.17) is 0 Å². The number of likely N-dealkylation sites (tertiary alicyclic amines) is 1. The van der Waals surface area contributed by atoms with E-state index in [0.717, 1.165) is 60.3 Å². The van der Waals surface area contributed by atoms with Crippen LogP contribution in [0.4, 0.5) is 24.7 Å². The van der Waals surface area contributed by atoms with Gasteiger partial charge in [-0.15, -0.1) is 0 Å². The van der Waals surface area contributed by atoms with Crippen molar-refractivity contribution >= 4 is 23.0 Å². The molecule has 0 saturated carbocycles. The number of hydrogen-bond donors (Lipinski definition) is 3. The van der Waals surface area contributed by atoms with Crippen LogP contribution in [0.5, 0.6) is 0 Å². The van der Waals surface area contributed by atoms with Crippen molar-refractivity contribution < 1.29 is 18.0 Å². The highest BCUT2D eigenvalue weighted by atomic mass is 19.4. The second kappa shape index (κ2) is 10.6. The molecule has 2 aliphatic rings. The first-order chi connectivity index (χ1) is 17.9. The molecule has 7 nitrogen and oxygen atoms in total. The molecule has 1 fully saturated rings. The molecule has 4 heterocycles. The van der Waals surface area contributed by atoms with Gasteiger partial charge in [0.1, 0.15) is 5.82 Å². The van der Waals surface area contributed by atoms with Gasteiger partial charge in [0, 0.05) is 48.1 Å². The van der Waals surface area contributed by atoms with Crippen LogP contribution < -0.4 is 16.0 Å². The third kappa shape index (κ3) is 5.91. The molecule has 10 heteroatoms. The predicted octanol–water partition coefficient (Wildman–Crippen LogP) is 5.10. The monoisotopic (exact) mass is 508 g/mol. The number of nitrogens with zero attached hydrogens (tertiary/aromatic N) is 3. The maximum absolute atomic E-state index is 13.2. The number of nitrogens with one attached hydrogen (secondary N) is 3. The number of pyridine rings is 2. The van der Waals surface area contributed by atoms with Crippen molar-refractivity contribution in [3.05, 3.63) is 77.9 Å². The van der Waals surface area contributed by atoms with Crippen LogP contribution in [0.25, 0.3) is 16.7 Å². The first-order valence-electron chi connectivity index (χ1n) is 12.2. The standard InChI is InChI=1S/C27H27F3N6O/c28-27(29,30)21-6-7-33-25(12-21)35-26(37)23-15-32-17-34-24-5-4-19(11-22(23)24)20-10-18(13-31-14-20)16-36-8-2-1-3-9-36/h4-7,10-15,32,34H,1-3,8-9,16-17H2,(H,33,35,37). The summed E-state index contributed by atoms with van der Waals surface area (Å²) in [6.07, 6.45) is 5.42. The van der Waals surface area contributed by atoms with Gasteiger partial charge in [-0.1, -0.05) is 12.5 Å². The number of carbonyl (C=O) groups is 1. The highest BCUT2D eigenvalue weighted by Crippen LogP contribution is 2.33. The van der Waals surface area contributed by atoms with Crippen LogP contribution in [0, 0.1) is 0 Å². The zero-order chi connectivity index (χ0) is 25.8. The molecular weight excluding hydrogens is 481 g/mol. The number of amides is 1. The lowest BCUT2D eigenvalue weighted by Crippen LogP contribution is -2.29. The van der Waals surface area contributed by atoms with Crippen LogP contribution in [0.2, 0.25) is 0 Å². The SMILES string of the molecule is O=C(Nc1cc(C(F)(F)F)ccn1)C1=CNCNc2ccc(-c3cncc(CN4CCCCC4)c3)cc21. The van der Waals surface area contributed by atoms with E-state index in [0.29, 0.717) is 12.2 Å². The number of piperidine rings is 1. The molecule has 0 bridgehead atoms. The largest absolute Gasteiger partial charge is 0.416 e. The second-order valence-electron chi connectivity index (χ2n) is 9.18. The van der Waals surface area contributed by atoms with Gasteiger partial charge in [-0.2, -0.15) is 13.2 Å². The molecule has 3 aromatic rings. The first kappa shape index (κ1) is 24.8. The Morgan fingerprint density at radius 2 is 1.86 bits per heavy atom. The maximum Gasteiger partial charge on any atom is 0.416 e. The highest BCUT2D eigenvalue weighted by molar-refractivity contribution is 6.26. The molecule has 1 amide bonds. The molecular formula is C27H27F3N6O. The van der Waals surface area contributed by atoms with Gasteiger partial charge < -0.3 is 16.0 Å². The van der Waals surface area contributed by atoms with E-state index in [9.17, 15) is 18.0 Å². The Morgan fingerprint density at radius 1 is 1.03 bits per heavy atom. The molecule has 0 radical (unpaired) electrons. The lowest BCUT2D eigenvalue weighted by atomic mass is 9.97. The Hall–Kier alpha value is -3.92. The number of rotatable bonds is 5. The minimum atomic E-state index is -4.53. The number of benzene rings is 1. The fourth-order valence-corrected chi connectivity index (χ4v) is 4.63. The molecule has 0 unspecified atom stereocenters. The van der Waals surface area contributed by atoms with Crippen LogP contribution in [0.1, 0.15) is 36.0 Å². The normalized spacial score (nSPS) is 16.0. The maximum atomic E-state index is 13.2. The number of halogens is 3. The van der Waals surface area contributed by atoms with E-state index in [1.165, 1.54) is 19.3 Å². The minimum absolute atomic E-state index is 0.176. The summed E-state index contributed by atoms with van der Waals surface area (Å²) in [7, 11) is 0. The van der Waals surface area contributed by atoms with Gasteiger partial charge in [0.2, 0.25) is 0 Å². The van der Waals surface area contributed by atoms with Crippen molar-refractivity contribution in [1.82, 2.24) is 20.2 Å². The van der Waals surface area contributed by atoms with E-state index in [-0.39, 0.29) is 11.4 Å². The van der Waals surface area contributed by atoms with Crippen molar-refractivity contribution in [2.24, 2.45) is 0 Å². The molecule has 2 aromatic heterocycles. The summed E-state index contributed by atoms with van der Waals surface area (Å²) in [6, 6.07) is 9.53. The summed E-state index contributed by atoms with van der Waals surface area (Å²) in [5.74, 6) is -0.747. The third-order valence-corrected chi connectivity index (χ3v) is 6.49. The number of fused-ring (bicyclic) bond motifs is 1. The van der Waals surface area contributed by atoms with Crippen LogP contribution in [0.3, 0.4) is 0 Å². The second-order valence-corrected chi connectivity index (χ2v) is 9.18. The molecule has 5 rings (SSSR count). The molecule has 1 aromatic carbocycles. The van der Waals surface area contributed by atoms with E-state index in [2.05, 4.69) is 36.9 Å². The molecule has 0 atom stereocenters. The van der Waals surface area contributed by atoms with Crippen LogP contribution in [0.15, 0.2) is 61.2 Å². The van der Waals surface area contributed by atoms with Gasteiger partial charge in [-0.3, -0.25) is 14.7 Å². The summed E-state index contributed by atoms with van der Waals surface area (Å²) in [5, 5.41) is 8.73. The minimum Gasteiger partial charge on any atom is -0.373 e. The van der Waals surface area contributed by atoms with Gasteiger partial charge in [-0.25, -0.2) is 4.98 Å². The zero-order valence-electron chi connectivity index (χ0n) is 20.1. The summed E-state index contributed by atoms with van der Waals surface area (Å²) < 4.78 is 39.3. The van der Waals surface area contributed by atoms with Crippen LogP contribution >= 0.6 is 0 Å². The summed E-state index contributed by atoms with van der Waals surface area (Å²) in [4.78, 5) is 23.9. The Labute approximate surface area is 212 Å². The highest BCUT2D eigenvalue weighted by Gasteiger charge is 2.31. The van der Waals surface area contributed by atoms with Gasteiger partial charge >= 0.3 is 6.18 Å². The van der Waals surface area contributed by atoms with E-state index >= 15 is 0 Å².